The van der Waals surface area contributed by atoms with Gasteiger partial charge in [0.15, 0.2) is 0 Å². The summed E-state index contributed by atoms with van der Waals surface area (Å²) >= 11 is 0. The summed E-state index contributed by atoms with van der Waals surface area (Å²) in [6.07, 6.45) is 8.15. The highest BCUT2D eigenvalue weighted by Crippen LogP contribution is 2.39. The Kier molecular flexibility index (Phi) is 5.26. The first kappa shape index (κ1) is 14.8. The molecule has 0 spiro atoms. The van der Waals surface area contributed by atoms with Crippen LogP contribution in [0.5, 0.6) is 0 Å². The first-order valence-electron chi connectivity index (χ1n) is 6.64. The molecule has 2 aliphatic carbocycles. The summed E-state index contributed by atoms with van der Waals surface area (Å²) in [5.74, 6) is 0.262. The minimum atomic E-state index is 0. The Hall–Kier alpha value is -0.280. The second kappa shape index (κ2) is 6.05. The van der Waals surface area contributed by atoms with E-state index in [2.05, 4.69) is 12.2 Å². The fraction of sp³-hybridized carbons (Fsp3) is 0.923. The molecule has 0 aliphatic heterocycles. The molecule has 0 aromatic heterocycles. The zero-order valence-electron chi connectivity index (χ0n) is 10.7. The number of hydrogen-bond acceptors (Lipinski definition) is 2. The zero-order chi connectivity index (χ0) is 11.6. The second-order valence-electron chi connectivity index (χ2n) is 5.94. The molecule has 1 amide bonds. The Bertz CT molecular complexity index is 266. The third-order valence-electron chi connectivity index (χ3n) is 4.41. The van der Waals surface area contributed by atoms with Crippen molar-refractivity contribution in [2.45, 2.75) is 57.9 Å². The van der Waals surface area contributed by atoms with Gasteiger partial charge in [0.1, 0.15) is 0 Å². The van der Waals surface area contributed by atoms with Crippen LogP contribution in [0.1, 0.15) is 51.9 Å². The van der Waals surface area contributed by atoms with Crippen molar-refractivity contribution in [3.8, 4) is 0 Å². The first-order chi connectivity index (χ1) is 7.61. The van der Waals surface area contributed by atoms with E-state index >= 15 is 0 Å². The number of rotatable bonds is 3. The largest absolute Gasteiger partial charge is 0.355 e. The Morgan fingerprint density at radius 2 is 1.94 bits per heavy atom. The van der Waals surface area contributed by atoms with Crippen LogP contribution in [0.2, 0.25) is 0 Å². The molecule has 0 heterocycles. The molecule has 0 bridgehead atoms. The van der Waals surface area contributed by atoms with Gasteiger partial charge in [-0.05, 0) is 31.1 Å². The van der Waals surface area contributed by atoms with Crippen LogP contribution in [0, 0.1) is 11.3 Å². The van der Waals surface area contributed by atoms with Gasteiger partial charge >= 0.3 is 0 Å². The van der Waals surface area contributed by atoms with Crippen molar-refractivity contribution in [1.29, 1.82) is 0 Å². The van der Waals surface area contributed by atoms with E-state index in [0.29, 0.717) is 5.41 Å². The topological polar surface area (TPSA) is 55.1 Å². The van der Waals surface area contributed by atoms with Gasteiger partial charge in [0.2, 0.25) is 5.91 Å². The lowest BCUT2D eigenvalue weighted by Gasteiger charge is -2.39. The number of amides is 1. The minimum Gasteiger partial charge on any atom is -0.355 e. The molecule has 2 aliphatic rings. The third kappa shape index (κ3) is 3.59. The summed E-state index contributed by atoms with van der Waals surface area (Å²) < 4.78 is 0. The van der Waals surface area contributed by atoms with Gasteiger partial charge in [-0.25, -0.2) is 0 Å². The van der Waals surface area contributed by atoms with Crippen LogP contribution in [0.15, 0.2) is 0 Å². The maximum absolute atomic E-state index is 12.0. The van der Waals surface area contributed by atoms with Crippen LogP contribution < -0.4 is 11.1 Å². The number of halogens is 1. The number of hydrogen-bond donors (Lipinski definition) is 2. The monoisotopic (exact) mass is 260 g/mol. The fourth-order valence-electron chi connectivity index (χ4n) is 2.87. The molecule has 2 rings (SSSR count). The lowest BCUT2D eigenvalue weighted by molar-refractivity contribution is -0.127. The predicted molar refractivity (Wildman–Crippen MR) is 72.1 cm³/mol. The Morgan fingerprint density at radius 3 is 2.47 bits per heavy atom. The maximum atomic E-state index is 12.0. The number of carbonyl (C=O) groups excluding carboxylic acids is 1. The Labute approximate surface area is 110 Å². The van der Waals surface area contributed by atoms with E-state index in [0.717, 1.165) is 25.8 Å². The van der Waals surface area contributed by atoms with Gasteiger partial charge in [-0.2, -0.15) is 0 Å². The summed E-state index contributed by atoms with van der Waals surface area (Å²) in [5.41, 5.74) is 6.37. The van der Waals surface area contributed by atoms with Crippen molar-refractivity contribution in [2.75, 3.05) is 6.54 Å². The lowest BCUT2D eigenvalue weighted by Crippen LogP contribution is -2.47. The van der Waals surface area contributed by atoms with E-state index in [1.807, 2.05) is 0 Å². The Morgan fingerprint density at radius 1 is 1.29 bits per heavy atom. The summed E-state index contributed by atoms with van der Waals surface area (Å²) in [4.78, 5) is 12.0. The molecule has 0 aromatic carbocycles. The molecule has 100 valence electrons. The van der Waals surface area contributed by atoms with Crippen LogP contribution in [-0.4, -0.2) is 18.5 Å². The quantitative estimate of drug-likeness (QED) is 0.818. The molecular formula is C13H25ClN2O. The van der Waals surface area contributed by atoms with Gasteiger partial charge < -0.3 is 11.1 Å². The SMILES string of the molecule is CC1(CNC(=O)[C@H]2CCCC[C@H]2N)CCC1.Cl. The van der Waals surface area contributed by atoms with Crippen LogP contribution in [-0.2, 0) is 4.79 Å². The first-order valence-corrected chi connectivity index (χ1v) is 6.64. The van der Waals surface area contributed by atoms with E-state index in [1.165, 1.54) is 25.7 Å². The lowest BCUT2D eigenvalue weighted by atomic mass is 9.70. The molecule has 2 fully saturated rings. The summed E-state index contributed by atoms with van der Waals surface area (Å²) in [6.45, 7) is 3.10. The molecule has 3 nitrogen and oxygen atoms in total. The predicted octanol–water partition coefficient (Wildman–Crippen LogP) is 2.23. The van der Waals surface area contributed by atoms with Gasteiger partial charge in [0.05, 0.1) is 5.92 Å². The van der Waals surface area contributed by atoms with Crippen LogP contribution in [0.25, 0.3) is 0 Å². The van der Waals surface area contributed by atoms with E-state index in [1.54, 1.807) is 0 Å². The minimum absolute atomic E-state index is 0. The molecule has 4 heteroatoms. The van der Waals surface area contributed by atoms with Crippen LogP contribution in [0.3, 0.4) is 0 Å². The molecule has 3 N–H and O–H groups in total. The normalized spacial score (nSPS) is 30.9. The number of nitrogens with one attached hydrogen (secondary N) is 1. The molecule has 17 heavy (non-hydrogen) atoms. The smallest absolute Gasteiger partial charge is 0.224 e. The molecule has 0 saturated heterocycles. The van der Waals surface area contributed by atoms with Crippen molar-refractivity contribution < 1.29 is 4.79 Å². The van der Waals surface area contributed by atoms with Crippen molar-refractivity contribution in [3.63, 3.8) is 0 Å². The van der Waals surface area contributed by atoms with Crippen molar-refractivity contribution in [2.24, 2.45) is 17.1 Å². The standard InChI is InChI=1S/C13H24N2O.ClH/c1-13(7-4-8-13)9-15-12(16)10-5-2-3-6-11(10)14;/h10-11H,2-9,14H2,1H3,(H,15,16);1H/t10-,11+;/m0./s1. The highest BCUT2D eigenvalue weighted by Gasteiger charge is 2.34. The van der Waals surface area contributed by atoms with Crippen molar-refractivity contribution >= 4 is 18.3 Å². The Balaban J connectivity index is 0.00000144. The van der Waals surface area contributed by atoms with Crippen molar-refractivity contribution in [3.05, 3.63) is 0 Å². The third-order valence-corrected chi connectivity index (χ3v) is 4.41. The fourth-order valence-corrected chi connectivity index (χ4v) is 2.87. The number of carbonyl (C=O) groups is 1. The van der Waals surface area contributed by atoms with Gasteiger partial charge in [0.25, 0.3) is 0 Å². The zero-order valence-corrected chi connectivity index (χ0v) is 11.5. The molecule has 0 radical (unpaired) electrons. The van der Waals surface area contributed by atoms with Crippen molar-refractivity contribution in [1.82, 2.24) is 5.32 Å². The van der Waals surface area contributed by atoms with Gasteiger partial charge in [0, 0.05) is 12.6 Å². The molecule has 0 aromatic rings. The molecule has 2 saturated carbocycles. The second-order valence-corrected chi connectivity index (χ2v) is 5.94. The van der Waals surface area contributed by atoms with Gasteiger partial charge in [-0.1, -0.05) is 26.2 Å². The van der Waals surface area contributed by atoms with Crippen LogP contribution >= 0.6 is 12.4 Å². The molecule has 2 atom stereocenters. The van der Waals surface area contributed by atoms with Gasteiger partial charge in [-0.15, -0.1) is 12.4 Å². The van der Waals surface area contributed by atoms with Gasteiger partial charge in [-0.3, -0.25) is 4.79 Å². The van der Waals surface area contributed by atoms with E-state index in [4.69, 9.17) is 5.73 Å². The average molecular weight is 261 g/mol. The summed E-state index contributed by atoms with van der Waals surface area (Å²) in [7, 11) is 0. The highest BCUT2D eigenvalue weighted by atomic mass is 35.5. The number of nitrogens with two attached hydrogens (primary N) is 1. The summed E-state index contributed by atoms with van der Waals surface area (Å²) in [5, 5.41) is 3.11. The molecule has 0 unspecified atom stereocenters. The van der Waals surface area contributed by atoms with E-state index in [-0.39, 0.29) is 30.3 Å². The highest BCUT2D eigenvalue weighted by molar-refractivity contribution is 5.85. The average Bonchev–Trinajstić information content (AvgIpc) is 2.24. The molecular weight excluding hydrogens is 236 g/mol. The summed E-state index contributed by atoms with van der Waals surface area (Å²) in [6, 6.07) is 0.0861. The van der Waals surface area contributed by atoms with Crippen LogP contribution in [0.4, 0.5) is 0 Å². The van der Waals surface area contributed by atoms with E-state index in [9.17, 15) is 4.79 Å². The maximum Gasteiger partial charge on any atom is 0.224 e. The van der Waals surface area contributed by atoms with E-state index < -0.39 is 0 Å².